The molecule has 1 heterocycles. The zero-order chi connectivity index (χ0) is 20.4. The van der Waals surface area contributed by atoms with Gasteiger partial charge in [-0.05, 0) is 31.5 Å². The van der Waals surface area contributed by atoms with Crippen LogP contribution in [0.5, 0.6) is 0 Å². The van der Waals surface area contributed by atoms with Crippen LogP contribution in [0.2, 0.25) is 5.02 Å². The fraction of sp³-hybridized carbons (Fsp3) is 0.438. The van der Waals surface area contributed by atoms with Crippen LogP contribution in [0.1, 0.15) is 13.3 Å². The maximum Gasteiger partial charge on any atom is 0.408 e. The van der Waals surface area contributed by atoms with E-state index in [9.17, 15) is 31.9 Å². The fourth-order valence-corrected chi connectivity index (χ4v) is 2.64. The van der Waals surface area contributed by atoms with Gasteiger partial charge >= 0.3 is 18.0 Å². The van der Waals surface area contributed by atoms with Gasteiger partial charge in [-0.3, -0.25) is 14.4 Å². The predicted octanol–water partition coefficient (Wildman–Crippen LogP) is 2.33. The van der Waals surface area contributed by atoms with E-state index in [1.165, 1.54) is 12.1 Å². The number of likely N-dealkylation sites (tertiary alicyclic amines) is 1. The number of hydrogen-bond donors (Lipinski definition) is 2. The molecule has 11 heteroatoms. The average Bonchev–Trinajstić information content (AvgIpc) is 3.06. The van der Waals surface area contributed by atoms with Crippen molar-refractivity contribution >= 4 is 35.0 Å². The molecule has 1 aromatic rings. The van der Waals surface area contributed by atoms with E-state index in [0.717, 1.165) is 17.9 Å². The third-order valence-corrected chi connectivity index (χ3v) is 4.36. The van der Waals surface area contributed by atoms with Crippen molar-refractivity contribution in [3.05, 3.63) is 29.0 Å². The lowest BCUT2D eigenvalue weighted by Gasteiger charge is -2.20. The van der Waals surface area contributed by atoms with Crippen molar-refractivity contribution < 1.29 is 31.9 Å². The molecule has 3 amide bonds. The fourth-order valence-electron chi connectivity index (χ4n) is 2.46. The predicted molar refractivity (Wildman–Crippen MR) is 88.4 cm³/mol. The minimum absolute atomic E-state index is 0.0505. The Balaban J connectivity index is 1.91. The summed E-state index contributed by atoms with van der Waals surface area (Å²) >= 11 is 5.63. The molecular formula is C16H16ClF4N3O3. The molecule has 0 saturated carbocycles. The smallest absolute Gasteiger partial charge is 0.336 e. The molecular weight excluding hydrogens is 394 g/mol. The maximum absolute atomic E-state index is 13.1. The topological polar surface area (TPSA) is 78.5 Å². The Morgan fingerprint density at radius 2 is 1.96 bits per heavy atom. The summed E-state index contributed by atoms with van der Waals surface area (Å²) in [5.41, 5.74) is 0.257. The van der Waals surface area contributed by atoms with Gasteiger partial charge in [0, 0.05) is 18.8 Å². The van der Waals surface area contributed by atoms with Gasteiger partial charge in [0.05, 0.1) is 10.9 Å². The van der Waals surface area contributed by atoms with Crippen LogP contribution in [0.15, 0.2) is 18.2 Å². The number of hydrogen-bond acceptors (Lipinski definition) is 3. The van der Waals surface area contributed by atoms with Gasteiger partial charge in [-0.25, -0.2) is 4.39 Å². The van der Waals surface area contributed by atoms with Crippen LogP contribution >= 0.6 is 11.6 Å². The average molecular weight is 410 g/mol. The first-order valence-corrected chi connectivity index (χ1v) is 8.29. The van der Waals surface area contributed by atoms with Crippen LogP contribution in [0, 0.1) is 11.7 Å². The molecule has 2 atom stereocenters. The van der Waals surface area contributed by atoms with E-state index in [1.54, 1.807) is 5.32 Å². The Bertz CT molecular complexity index is 757. The molecule has 27 heavy (non-hydrogen) atoms. The molecule has 1 aliphatic heterocycles. The van der Waals surface area contributed by atoms with Crippen LogP contribution in [0.3, 0.4) is 0 Å². The van der Waals surface area contributed by atoms with Gasteiger partial charge in [0.15, 0.2) is 0 Å². The summed E-state index contributed by atoms with van der Waals surface area (Å²) in [6, 6.07) is 1.44. The second-order valence-electron chi connectivity index (χ2n) is 6.09. The number of carbonyl (C=O) groups excluding carboxylic acids is 3. The molecule has 0 aliphatic carbocycles. The maximum atomic E-state index is 13.1. The lowest BCUT2D eigenvalue weighted by molar-refractivity contribution is -0.162. The van der Waals surface area contributed by atoms with Crippen LogP contribution in [0.4, 0.5) is 23.2 Å². The SMILES string of the molecule is C[C@H](NC(=O)C(=O)N1CCC(C(=O)Nc2ccc(F)c(Cl)c2)C1)C(F)(F)F. The third kappa shape index (κ3) is 5.31. The van der Waals surface area contributed by atoms with Crippen molar-refractivity contribution in [1.82, 2.24) is 10.2 Å². The van der Waals surface area contributed by atoms with Crippen molar-refractivity contribution in [2.75, 3.05) is 18.4 Å². The van der Waals surface area contributed by atoms with E-state index in [0.29, 0.717) is 0 Å². The molecule has 1 saturated heterocycles. The summed E-state index contributed by atoms with van der Waals surface area (Å²) < 4.78 is 50.5. The highest BCUT2D eigenvalue weighted by Gasteiger charge is 2.40. The first kappa shape index (κ1) is 20.9. The Morgan fingerprint density at radius 3 is 2.56 bits per heavy atom. The molecule has 2 rings (SSSR count). The summed E-state index contributed by atoms with van der Waals surface area (Å²) in [7, 11) is 0. The van der Waals surface area contributed by atoms with Gasteiger partial charge in [0.25, 0.3) is 0 Å². The second-order valence-corrected chi connectivity index (χ2v) is 6.50. The highest BCUT2D eigenvalue weighted by molar-refractivity contribution is 6.35. The van der Waals surface area contributed by atoms with Crippen molar-refractivity contribution in [2.24, 2.45) is 5.92 Å². The Morgan fingerprint density at radius 1 is 1.30 bits per heavy atom. The molecule has 1 aliphatic rings. The van der Waals surface area contributed by atoms with E-state index >= 15 is 0 Å². The molecule has 2 N–H and O–H groups in total. The summed E-state index contributed by atoms with van der Waals surface area (Å²) in [5, 5.41) is 3.93. The second kappa shape index (κ2) is 8.12. The van der Waals surface area contributed by atoms with Gasteiger partial charge in [-0.1, -0.05) is 11.6 Å². The van der Waals surface area contributed by atoms with Crippen LogP contribution in [-0.4, -0.2) is 47.9 Å². The van der Waals surface area contributed by atoms with Gasteiger partial charge in [-0.2, -0.15) is 13.2 Å². The quantitative estimate of drug-likeness (QED) is 0.594. The number of nitrogens with zero attached hydrogens (tertiary/aromatic N) is 1. The van der Waals surface area contributed by atoms with Crippen molar-refractivity contribution in [3.8, 4) is 0 Å². The lowest BCUT2D eigenvalue weighted by atomic mass is 10.1. The lowest BCUT2D eigenvalue weighted by Crippen LogP contribution is -2.49. The summed E-state index contributed by atoms with van der Waals surface area (Å²) in [5.74, 6) is -4.30. The largest absolute Gasteiger partial charge is 0.408 e. The van der Waals surface area contributed by atoms with Crippen molar-refractivity contribution in [1.29, 1.82) is 0 Å². The van der Waals surface area contributed by atoms with Gasteiger partial charge in [0.2, 0.25) is 5.91 Å². The molecule has 0 aromatic heterocycles. The van der Waals surface area contributed by atoms with E-state index in [2.05, 4.69) is 5.32 Å². The standard InChI is InChI=1S/C16H16ClF4N3O3/c1-8(16(19,20)21)22-14(26)15(27)24-5-4-9(7-24)13(25)23-10-2-3-12(18)11(17)6-10/h2-3,6,8-9H,4-5,7H2,1H3,(H,22,26)(H,23,25)/t8-,9?/m0/s1. The molecule has 6 nitrogen and oxygen atoms in total. The number of nitrogens with one attached hydrogen (secondary N) is 2. The Kier molecular flexibility index (Phi) is 6.30. The van der Waals surface area contributed by atoms with Crippen molar-refractivity contribution in [3.63, 3.8) is 0 Å². The molecule has 1 unspecified atom stereocenters. The zero-order valence-corrected chi connectivity index (χ0v) is 14.8. The van der Waals surface area contributed by atoms with E-state index in [-0.39, 0.29) is 30.2 Å². The van der Waals surface area contributed by atoms with Gasteiger partial charge in [-0.15, -0.1) is 0 Å². The first-order valence-electron chi connectivity index (χ1n) is 7.91. The van der Waals surface area contributed by atoms with E-state index in [4.69, 9.17) is 11.6 Å². The number of halogens is 5. The van der Waals surface area contributed by atoms with Crippen LogP contribution in [-0.2, 0) is 14.4 Å². The number of alkyl halides is 3. The minimum Gasteiger partial charge on any atom is -0.336 e. The highest BCUT2D eigenvalue weighted by atomic mass is 35.5. The summed E-state index contributed by atoms with van der Waals surface area (Å²) in [6.45, 7) is 0.654. The molecule has 1 aromatic carbocycles. The van der Waals surface area contributed by atoms with E-state index < -0.39 is 41.7 Å². The first-order chi connectivity index (χ1) is 12.5. The molecule has 0 bridgehead atoms. The van der Waals surface area contributed by atoms with Gasteiger partial charge in [0.1, 0.15) is 11.9 Å². The Labute approximate surface area is 156 Å². The van der Waals surface area contributed by atoms with Gasteiger partial charge < -0.3 is 15.5 Å². The minimum atomic E-state index is -4.67. The summed E-state index contributed by atoms with van der Waals surface area (Å²) in [6.07, 6.45) is -4.44. The van der Waals surface area contributed by atoms with Crippen LogP contribution < -0.4 is 10.6 Å². The number of carbonyl (C=O) groups is 3. The zero-order valence-electron chi connectivity index (χ0n) is 14.1. The summed E-state index contributed by atoms with van der Waals surface area (Å²) in [4.78, 5) is 36.9. The third-order valence-electron chi connectivity index (χ3n) is 4.07. The normalized spacial score (nSPS) is 18.1. The number of benzene rings is 1. The van der Waals surface area contributed by atoms with Crippen molar-refractivity contribution in [2.45, 2.75) is 25.6 Å². The number of rotatable bonds is 3. The number of anilines is 1. The molecule has 0 radical (unpaired) electrons. The monoisotopic (exact) mass is 409 g/mol. The molecule has 1 fully saturated rings. The van der Waals surface area contributed by atoms with Crippen LogP contribution in [0.25, 0.3) is 0 Å². The highest BCUT2D eigenvalue weighted by Crippen LogP contribution is 2.23. The Hall–Kier alpha value is -2.36. The molecule has 0 spiro atoms. The molecule has 148 valence electrons. The van der Waals surface area contributed by atoms with E-state index in [1.807, 2.05) is 0 Å². The number of amides is 3.